The molecule has 3 aliphatic rings. The number of ether oxygens (including phenoxy) is 2. The van der Waals surface area contributed by atoms with Crippen molar-refractivity contribution in [1.29, 1.82) is 0 Å². The van der Waals surface area contributed by atoms with Crippen LogP contribution in [0.1, 0.15) is 61.1 Å². The van der Waals surface area contributed by atoms with Crippen LogP contribution in [0.2, 0.25) is 0 Å². The van der Waals surface area contributed by atoms with Crippen molar-refractivity contribution in [3.63, 3.8) is 0 Å². The average molecular weight is 677 g/mol. The van der Waals surface area contributed by atoms with Gasteiger partial charge in [0.2, 0.25) is 0 Å². The van der Waals surface area contributed by atoms with Gasteiger partial charge in [-0.2, -0.15) is 0 Å². The quantitative estimate of drug-likeness (QED) is 0.252. The normalized spacial score (nSPS) is 17.5. The highest BCUT2D eigenvalue weighted by molar-refractivity contribution is 9.10. The molecule has 5 nitrogen and oxygen atoms in total. The van der Waals surface area contributed by atoms with Crippen LogP contribution in [-0.4, -0.2) is 23.6 Å². The van der Waals surface area contributed by atoms with Crippen LogP contribution in [-0.2, 0) is 22.7 Å². The number of hydrogen-bond acceptors (Lipinski definition) is 5. The Labute approximate surface area is 257 Å². The van der Waals surface area contributed by atoms with Gasteiger partial charge in [0.25, 0.3) is 0 Å². The summed E-state index contributed by atoms with van der Waals surface area (Å²) in [4.78, 5) is 29.7. The minimum Gasteiger partial charge on any atom is -0.493 e. The number of methoxy groups -OCH3 is 1. The molecule has 1 heterocycles. The van der Waals surface area contributed by atoms with Gasteiger partial charge in [-0.05, 0) is 82.6 Å². The number of benzene rings is 3. The lowest BCUT2D eigenvalue weighted by molar-refractivity contribution is -0.117. The van der Waals surface area contributed by atoms with E-state index in [0.717, 1.165) is 73.9 Å². The molecule has 2 aliphatic carbocycles. The molecule has 3 aromatic rings. The van der Waals surface area contributed by atoms with E-state index in [4.69, 9.17) is 9.47 Å². The molecule has 6 rings (SSSR count). The Balaban J connectivity index is 1.44. The first-order valence-electron chi connectivity index (χ1n) is 14.0. The van der Waals surface area contributed by atoms with Crippen LogP contribution in [0.3, 0.4) is 0 Å². The molecule has 0 amide bonds. The molecule has 0 bridgehead atoms. The summed E-state index contributed by atoms with van der Waals surface area (Å²) in [6.45, 7) is 1.03. The van der Waals surface area contributed by atoms with Crippen LogP contribution in [0, 0.1) is 0 Å². The van der Waals surface area contributed by atoms with Gasteiger partial charge < -0.3 is 14.4 Å². The van der Waals surface area contributed by atoms with Crippen molar-refractivity contribution in [2.45, 2.75) is 57.6 Å². The molecule has 210 valence electrons. The SMILES string of the molecule is COc1cc(C2C3=C(CCCC3=O)N(Cc3ccccc3)C3=C2C(=O)CCC3)cc(Br)c1OCc1ccc(Br)cc1. The molecule has 1 aliphatic heterocycles. The Kier molecular flexibility index (Phi) is 8.18. The Morgan fingerprint density at radius 3 is 2.05 bits per heavy atom. The maximum atomic E-state index is 13.7. The number of carbonyl (C=O) groups excluding carboxylic acids is 2. The van der Waals surface area contributed by atoms with Crippen LogP contribution >= 0.6 is 31.9 Å². The fourth-order valence-corrected chi connectivity index (χ4v) is 7.13. The molecule has 0 unspecified atom stereocenters. The molecule has 41 heavy (non-hydrogen) atoms. The first-order valence-corrected chi connectivity index (χ1v) is 15.6. The molecular formula is C34H31Br2NO4. The number of carbonyl (C=O) groups is 2. The molecule has 0 fully saturated rings. The molecule has 0 saturated carbocycles. The molecule has 0 radical (unpaired) electrons. The summed E-state index contributed by atoms with van der Waals surface area (Å²) >= 11 is 7.20. The third-order valence-corrected chi connectivity index (χ3v) is 9.27. The number of Topliss-reactive ketones (excluding diaryl/α,β-unsaturated/α-hetero) is 2. The second-order valence-electron chi connectivity index (χ2n) is 10.7. The maximum absolute atomic E-state index is 13.7. The first-order chi connectivity index (χ1) is 19.9. The van der Waals surface area contributed by atoms with Crippen molar-refractivity contribution in [3.05, 3.63) is 115 Å². The third-order valence-electron chi connectivity index (χ3n) is 8.15. The standard InChI is InChI=1S/C34H31Br2NO4/c1-40-30-18-23(17-25(36)34(30)41-20-22-13-15-24(35)16-14-22)31-32-26(9-5-11-28(32)38)37(19-21-7-3-2-4-8-21)27-10-6-12-29(39)33(27)31/h2-4,7-8,13-18,31H,5-6,9-12,19-20H2,1H3. The summed E-state index contributed by atoms with van der Waals surface area (Å²) in [5.74, 6) is 0.996. The fraction of sp³-hybridized carbons (Fsp3) is 0.294. The lowest BCUT2D eigenvalue weighted by Crippen LogP contribution is -2.38. The first kappa shape index (κ1) is 28.0. The number of halogens is 2. The van der Waals surface area contributed by atoms with E-state index in [1.165, 1.54) is 0 Å². The summed E-state index contributed by atoms with van der Waals surface area (Å²) in [7, 11) is 1.62. The van der Waals surface area contributed by atoms with Gasteiger partial charge in [0.1, 0.15) is 6.61 Å². The lowest BCUT2D eigenvalue weighted by atomic mass is 9.71. The third kappa shape index (κ3) is 5.54. The van der Waals surface area contributed by atoms with Gasteiger partial charge in [0.05, 0.1) is 11.6 Å². The van der Waals surface area contributed by atoms with Crippen LogP contribution in [0.5, 0.6) is 11.5 Å². The highest BCUT2D eigenvalue weighted by Crippen LogP contribution is 2.51. The summed E-state index contributed by atoms with van der Waals surface area (Å²) in [6, 6.07) is 22.2. The van der Waals surface area contributed by atoms with E-state index in [1.54, 1.807) is 7.11 Å². The van der Waals surface area contributed by atoms with Gasteiger partial charge in [0, 0.05) is 52.3 Å². The van der Waals surface area contributed by atoms with Crippen LogP contribution in [0.25, 0.3) is 0 Å². The maximum Gasteiger partial charge on any atom is 0.175 e. The number of hydrogen-bond donors (Lipinski definition) is 0. The largest absolute Gasteiger partial charge is 0.493 e. The van der Waals surface area contributed by atoms with E-state index in [1.807, 2.05) is 54.6 Å². The molecular weight excluding hydrogens is 646 g/mol. The van der Waals surface area contributed by atoms with Crippen molar-refractivity contribution in [1.82, 2.24) is 4.90 Å². The van der Waals surface area contributed by atoms with E-state index in [2.05, 4.69) is 48.9 Å². The monoisotopic (exact) mass is 675 g/mol. The van der Waals surface area contributed by atoms with E-state index < -0.39 is 5.92 Å². The Morgan fingerprint density at radius 1 is 0.805 bits per heavy atom. The van der Waals surface area contributed by atoms with Crippen LogP contribution in [0.4, 0.5) is 0 Å². The zero-order valence-electron chi connectivity index (χ0n) is 22.9. The van der Waals surface area contributed by atoms with E-state index >= 15 is 0 Å². The second-order valence-corrected chi connectivity index (χ2v) is 12.5. The van der Waals surface area contributed by atoms with Crippen LogP contribution < -0.4 is 9.47 Å². The summed E-state index contributed by atoms with van der Waals surface area (Å²) in [5, 5.41) is 0. The zero-order valence-corrected chi connectivity index (χ0v) is 26.1. The predicted octanol–water partition coefficient (Wildman–Crippen LogP) is 8.41. The van der Waals surface area contributed by atoms with E-state index in [-0.39, 0.29) is 11.6 Å². The summed E-state index contributed by atoms with van der Waals surface area (Å²) in [6.07, 6.45) is 4.28. The number of allylic oxidation sites excluding steroid dienone is 4. The van der Waals surface area contributed by atoms with E-state index in [9.17, 15) is 9.59 Å². The second kappa shape index (κ2) is 12.0. The molecule has 0 spiro atoms. The smallest absolute Gasteiger partial charge is 0.175 e. The van der Waals surface area contributed by atoms with Crippen molar-refractivity contribution in [2.75, 3.05) is 7.11 Å². The summed E-state index contributed by atoms with van der Waals surface area (Å²) in [5.41, 5.74) is 6.72. The minimum atomic E-state index is -0.418. The predicted molar refractivity (Wildman–Crippen MR) is 166 cm³/mol. The van der Waals surface area contributed by atoms with Crippen LogP contribution in [0.15, 0.2) is 98.2 Å². The molecule has 0 N–H and O–H groups in total. The Morgan fingerprint density at radius 2 is 1.44 bits per heavy atom. The van der Waals surface area contributed by atoms with Gasteiger partial charge >= 0.3 is 0 Å². The fourth-order valence-electron chi connectivity index (χ4n) is 6.29. The minimum absolute atomic E-state index is 0.130. The molecule has 0 saturated heterocycles. The van der Waals surface area contributed by atoms with Crippen molar-refractivity contribution in [3.8, 4) is 11.5 Å². The zero-order chi connectivity index (χ0) is 28.5. The van der Waals surface area contributed by atoms with Gasteiger partial charge in [-0.1, -0.05) is 58.4 Å². The molecule has 0 aromatic heterocycles. The average Bonchev–Trinajstić information content (AvgIpc) is 2.98. The van der Waals surface area contributed by atoms with Gasteiger partial charge in [-0.3, -0.25) is 9.59 Å². The number of ketones is 2. The highest BCUT2D eigenvalue weighted by Gasteiger charge is 2.43. The Hall–Kier alpha value is -3.16. The lowest BCUT2D eigenvalue weighted by Gasteiger charge is -2.44. The van der Waals surface area contributed by atoms with Crippen molar-refractivity contribution >= 4 is 43.4 Å². The van der Waals surface area contributed by atoms with E-state index in [0.29, 0.717) is 37.5 Å². The topological polar surface area (TPSA) is 55.8 Å². The molecule has 7 heteroatoms. The molecule has 0 atom stereocenters. The molecule has 3 aromatic carbocycles. The number of rotatable bonds is 7. The summed E-state index contributed by atoms with van der Waals surface area (Å²) < 4.78 is 13.8. The van der Waals surface area contributed by atoms with Crippen molar-refractivity contribution < 1.29 is 19.1 Å². The van der Waals surface area contributed by atoms with Crippen molar-refractivity contribution in [2.24, 2.45) is 0 Å². The highest BCUT2D eigenvalue weighted by atomic mass is 79.9. The Bertz CT molecular complexity index is 1520. The van der Waals surface area contributed by atoms with Gasteiger partial charge in [-0.25, -0.2) is 0 Å². The van der Waals surface area contributed by atoms with Gasteiger partial charge in [-0.15, -0.1) is 0 Å². The number of nitrogens with zero attached hydrogens (tertiary/aromatic N) is 1. The van der Waals surface area contributed by atoms with Gasteiger partial charge in [0.15, 0.2) is 23.1 Å².